The van der Waals surface area contributed by atoms with Crippen molar-refractivity contribution in [2.24, 2.45) is 11.8 Å². The minimum absolute atomic E-state index is 0.0276. The Morgan fingerprint density at radius 2 is 1.90 bits per heavy atom. The normalized spacial score (nSPS) is 21.6. The van der Waals surface area contributed by atoms with Gasteiger partial charge in [-0.25, -0.2) is 9.80 Å². The summed E-state index contributed by atoms with van der Waals surface area (Å²) < 4.78 is 22.1. The molecule has 10 heteroatoms. The summed E-state index contributed by atoms with van der Waals surface area (Å²) in [5.41, 5.74) is 4.02. The van der Waals surface area contributed by atoms with Gasteiger partial charge in [-0.05, 0) is 53.3 Å². The molecule has 1 unspecified atom stereocenters. The molecule has 40 heavy (non-hydrogen) atoms. The van der Waals surface area contributed by atoms with Gasteiger partial charge in [0.2, 0.25) is 0 Å². The van der Waals surface area contributed by atoms with Crippen molar-refractivity contribution < 1.29 is 28.8 Å². The number of aliphatic hydroxyl groups excluding tert-OH is 1. The van der Waals surface area contributed by atoms with E-state index in [-0.39, 0.29) is 24.9 Å². The van der Waals surface area contributed by atoms with Crippen LogP contribution >= 0.6 is 0 Å². The summed E-state index contributed by atoms with van der Waals surface area (Å²) in [5, 5.41) is 15.6. The molecule has 5 rings (SSSR count). The van der Waals surface area contributed by atoms with Gasteiger partial charge in [0.05, 0.1) is 38.4 Å². The van der Waals surface area contributed by atoms with Gasteiger partial charge in [-0.3, -0.25) is 10.8 Å². The molecule has 3 heterocycles. The smallest absolute Gasteiger partial charge is 0.407 e. The quantitative estimate of drug-likeness (QED) is 0.245. The van der Waals surface area contributed by atoms with Gasteiger partial charge in [-0.15, -0.1) is 0 Å². The molecule has 3 aromatic rings. The van der Waals surface area contributed by atoms with Crippen LogP contribution in [0.3, 0.4) is 0 Å². The van der Waals surface area contributed by atoms with Gasteiger partial charge in [-0.1, -0.05) is 42.5 Å². The molecular weight excluding hydrogens is 512 g/mol. The SMILES string of the molecule is COc1ccc(CC(NC(=O)O[C@H]2CO[C@H]3OCC[C@H]32)[C@@H](O)CN(N)Cc2ccc(-c3cccnc3)cc2)cc1. The van der Waals surface area contributed by atoms with Gasteiger partial charge in [-0.2, -0.15) is 0 Å². The highest BCUT2D eigenvalue weighted by Crippen LogP contribution is 2.33. The lowest BCUT2D eigenvalue weighted by atomic mass is 10.0. The fourth-order valence-corrected chi connectivity index (χ4v) is 5.17. The zero-order valence-electron chi connectivity index (χ0n) is 22.5. The third-order valence-corrected chi connectivity index (χ3v) is 7.38. The van der Waals surface area contributed by atoms with Crippen molar-refractivity contribution in [3.8, 4) is 16.9 Å². The first-order chi connectivity index (χ1) is 19.5. The molecule has 0 bridgehead atoms. The Labute approximate surface area is 234 Å². The predicted molar refractivity (Wildman–Crippen MR) is 148 cm³/mol. The maximum Gasteiger partial charge on any atom is 0.407 e. The Bertz CT molecular complexity index is 1230. The lowest BCUT2D eigenvalue weighted by molar-refractivity contribution is -0.0907. The third kappa shape index (κ3) is 7.15. The minimum Gasteiger partial charge on any atom is -0.497 e. The van der Waals surface area contributed by atoms with Crippen LogP contribution in [-0.2, 0) is 27.2 Å². The standard InChI is InChI=1S/C30H36N4O6/c1-37-24-10-6-20(7-11-24)15-26(33-30(36)40-28-19-39-29-25(28)12-14-38-29)27(35)18-34(31)17-21-4-8-22(9-5-21)23-3-2-13-32-16-23/h2-11,13,16,25-29,35H,12,14-15,17-19,31H2,1H3,(H,33,36)/t25-,26?,27-,28-,29+/m0/s1. The van der Waals surface area contributed by atoms with Crippen LogP contribution in [0.5, 0.6) is 5.75 Å². The average molecular weight is 549 g/mol. The van der Waals surface area contributed by atoms with E-state index in [1.54, 1.807) is 18.3 Å². The molecule has 0 aliphatic carbocycles. The third-order valence-electron chi connectivity index (χ3n) is 7.38. The Kier molecular flexibility index (Phi) is 9.25. The van der Waals surface area contributed by atoms with Gasteiger partial charge in [0.1, 0.15) is 11.9 Å². The molecule has 1 aromatic heterocycles. The summed E-state index contributed by atoms with van der Waals surface area (Å²) in [6.45, 7) is 1.45. The van der Waals surface area contributed by atoms with Crippen molar-refractivity contribution in [3.05, 3.63) is 84.2 Å². The molecule has 10 nitrogen and oxygen atoms in total. The van der Waals surface area contributed by atoms with Crippen LogP contribution in [0.15, 0.2) is 73.1 Å². The van der Waals surface area contributed by atoms with Gasteiger partial charge >= 0.3 is 6.09 Å². The van der Waals surface area contributed by atoms with E-state index >= 15 is 0 Å². The van der Waals surface area contributed by atoms with Crippen LogP contribution in [0.4, 0.5) is 4.79 Å². The number of alkyl carbamates (subject to hydrolysis) is 1. The monoisotopic (exact) mass is 548 g/mol. The number of methoxy groups -OCH3 is 1. The van der Waals surface area contributed by atoms with Gasteiger partial charge in [0.15, 0.2) is 6.29 Å². The topological polar surface area (TPSA) is 128 Å². The van der Waals surface area contributed by atoms with Crippen molar-refractivity contribution in [1.29, 1.82) is 0 Å². The van der Waals surface area contributed by atoms with Crippen molar-refractivity contribution in [2.45, 2.75) is 43.9 Å². The Morgan fingerprint density at radius 1 is 1.12 bits per heavy atom. The lowest BCUT2D eigenvalue weighted by Gasteiger charge is -2.28. The second-order valence-electron chi connectivity index (χ2n) is 10.2. The highest BCUT2D eigenvalue weighted by Gasteiger charge is 2.44. The van der Waals surface area contributed by atoms with E-state index in [1.807, 2.05) is 66.9 Å². The fraction of sp³-hybridized carbons (Fsp3) is 0.400. The zero-order chi connectivity index (χ0) is 27.9. The number of carbonyl (C=O) groups excluding carboxylic acids is 1. The number of rotatable bonds is 11. The van der Waals surface area contributed by atoms with Gasteiger partial charge < -0.3 is 29.4 Å². The van der Waals surface area contributed by atoms with Crippen molar-refractivity contribution in [2.75, 3.05) is 26.9 Å². The number of hydrogen-bond acceptors (Lipinski definition) is 9. The van der Waals surface area contributed by atoms with Crippen LogP contribution in [0.1, 0.15) is 17.5 Å². The van der Waals surface area contributed by atoms with Gasteiger partial charge in [0, 0.05) is 25.5 Å². The molecule has 0 spiro atoms. The molecule has 2 aliphatic heterocycles. The van der Waals surface area contributed by atoms with Crippen LogP contribution in [0.2, 0.25) is 0 Å². The zero-order valence-corrected chi connectivity index (χ0v) is 22.5. The predicted octanol–water partition coefficient (Wildman–Crippen LogP) is 2.89. The summed E-state index contributed by atoms with van der Waals surface area (Å²) in [7, 11) is 1.61. The van der Waals surface area contributed by atoms with E-state index in [9.17, 15) is 9.90 Å². The number of aromatic nitrogens is 1. The Morgan fingerprint density at radius 3 is 2.62 bits per heavy atom. The number of hydrogen-bond donors (Lipinski definition) is 3. The number of aliphatic hydroxyl groups is 1. The van der Waals surface area contributed by atoms with E-state index in [0.717, 1.165) is 34.4 Å². The number of fused-ring (bicyclic) bond motifs is 1. The molecular formula is C30H36N4O6. The number of ether oxygens (including phenoxy) is 4. The number of nitrogens with one attached hydrogen (secondary N) is 1. The van der Waals surface area contributed by atoms with Crippen LogP contribution in [0, 0.1) is 5.92 Å². The molecule has 2 saturated heterocycles. The first-order valence-corrected chi connectivity index (χ1v) is 13.5. The highest BCUT2D eigenvalue weighted by molar-refractivity contribution is 5.68. The van der Waals surface area contributed by atoms with E-state index in [2.05, 4.69) is 10.3 Å². The van der Waals surface area contributed by atoms with Crippen LogP contribution in [0.25, 0.3) is 11.1 Å². The molecule has 2 aliphatic rings. The lowest BCUT2D eigenvalue weighted by Crippen LogP contribution is -2.51. The average Bonchev–Trinajstić information content (AvgIpc) is 3.59. The molecule has 4 N–H and O–H groups in total. The van der Waals surface area contributed by atoms with Crippen molar-refractivity contribution in [1.82, 2.24) is 15.3 Å². The van der Waals surface area contributed by atoms with Gasteiger partial charge in [0.25, 0.3) is 0 Å². The number of nitrogens with zero attached hydrogens (tertiary/aromatic N) is 2. The highest BCUT2D eigenvalue weighted by atomic mass is 16.7. The number of pyridine rings is 1. The molecule has 2 fully saturated rings. The molecule has 0 radical (unpaired) electrons. The molecule has 5 atom stereocenters. The van der Waals surface area contributed by atoms with E-state index in [1.165, 1.54) is 0 Å². The van der Waals surface area contributed by atoms with Crippen molar-refractivity contribution >= 4 is 6.09 Å². The summed E-state index contributed by atoms with van der Waals surface area (Å²) in [5.74, 6) is 7.07. The van der Waals surface area contributed by atoms with Crippen LogP contribution < -0.4 is 15.9 Å². The molecule has 212 valence electrons. The van der Waals surface area contributed by atoms with Crippen molar-refractivity contribution in [3.63, 3.8) is 0 Å². The second kappa shape index (κ2) is 13.2. The molecule has 1 amide bonds. The summed E-state index contributed by atoms with van der Waals surface area (Å²) >= 11 is 0. The molecule has 2 aromatic carbocycles. The Balaban J connectivity index is 1.21. The fourth-order valence-electron chi connectivity index (χ4n) is 5.17. The van der Waals surface area contributed by atoms with E-state index < -0.39 is 18.2 Å². The number of nitrogens with two attached hydrogens (primary N) is 1. The summed E-state index contributed by atoms with van der Waals surface area (Å²) in [6, 6.07) is 18.8. The Hall–Kier alpha value is -3.54. The van der Waals surface area contributed by atoms with E-state index in [4.69, 9.17) is 24.8 Å². The summed E-state index contributed by atoms with van der Waals surface area (Å²) in [4.78, 5) is 17.1. The number of carbonyl (C=O) groups is 1. The first-order valence-electron chi connectivity index (χ1n) is 13.5. The van der Waals surface area contributed by atoms with E-state index in [0.29, 0.717) is 26.2 Å². The van der Waals surface area contributed by atoms with Crippen LogP contribution in [-0.4, -0.2) is 72.6 Å². The molecule has 0 saturated carbocycles. The maximum absolute atomic E-state index is 12.9. The second-order valence-corrected chi connectivity index (χ2v) is 10.2. The minimum atomic E-state index is -0.961. The largest absolute Gasteiger partial charge is 0.497 e. The number of benzene rings is 2. The first kappa shape index (κ1) is 28.0. The maximum atomic E-state index is 12.9. The number of hydrazine groups is 1. The summed E-state index contributed by atoms with van der Waals surface area (Å²) in [6.07, 6.45) is 2.46. The number of amides is 1.